The monoisotopic (exact) mass is 339 g/mol. The first-order valence-corrected chi connectivity index (χ1v) is 7.74. The normalized spacial score (nSPS) is 10.8. The molecule has 3 aromatic rings. The van der Waals surface area contributed by atoms with Crippen LogP contribution < -0.4 is 4.74 Å². The Morgan fingerprint density at radius 1 is 1.12 bits per heavy atom. The Balaban J connectivity index is 2.09. The van der Waals surface area contributed by atoms with Crippen LogP contribution in [-0.2, 0) is 11.2 Å². The van der Waals surface area contributed by atoms with E-state index in [0.717, 1.165) is 0 Å². The summed E-state index contributed by atoms with van der Waals surface area (Å²) in [6.45, 7) is 0. The summed E-state index contributed by atoms with van der Waals surface area (Å²) in [5, 5.41) is 19.9. The van der Waals surface area contributed by atoms with Gasteiger partial charge >= 0.3 is 5.97 Å². The van der Waals surface area contributed by atoms with Crippen LogP contribution in [0.5, 0.6) is 11.6 Å². The molecule has 0 aliphatic rings. The number of carboxylic acid groups (broad SMARTS) is 1. The molecule has 0 atom stereocenters. The fraction of sp³-hybridized carbons (Fsp3) is 0.158. The highest BCUT2D eigenvalue weighted by molar-refractivity contribution is 6.04. The lowest BCUT2D eigenvalue weighted by Crippen LogP contribution is -2.12. The Hall–Kier alpha value is -3.28. The number of aromatic hydroxyl groups is 1. The minimum atomic E-state index is -0.916. The van der Waals surface area contributed by atoms with Gasteiger partial charge in [-0.15, -0.1) is 0 Å². The summed E-state index contributed by atoms with van der Waals surface area (Å²) in [4.78, 5) is 23.8. The Morgan fingerprint density at radius 2 is 1.84 bits per heavy atom. The summed E-state index contributed by atoms with van der Waals surface area (Å²) in [7, 11) is 1.54. The number of carbonyl (C=O) groups excluding carboxylic acids is 1. The van der Waals surface area contributed by atoms with Gasteiger partial charge in [0.15, 0.2) is 5.88 Å². The van der Waals surface area contributed by atoms with Crippen molar-refractivity contribution in [2.45, 2.75) is 12.8 Å². The first kappa shape index (κ1) is 16.6. The van der Waals surface area contributed by atoms with Gasteiger partial charge in [0.2, 0.25) is 0 Å². The van der Waals surface area contributed by atoms with E-state index >= 15 is 0 Å². The summed E-state index contributed by atoms with van der Waals surface area (Å²) in [5.41, 5.74) is 1.62. The molecule has 6 nitrogen and oxygen atoms in total. The van der Waals surface area contributed by atoms with E-state index in [4.69, 9.17) is 9.84 Å². The van der Waals surface area contributed by atoms with E-state index in [1.807, 2.05) is 0 Å². The van der Waals surface area contributed by atoms with Gasteiger partial charge in [-0.3, -0.25) is 9.59 Å². The fourth-order valence-electron chi connectivity index (χ4n) is 2.83. The third-order valence-corrected chi connectivity index (χ3v) is 4.04. The van der Waals surface area contributed by atoms with E-state index in [1.54, 1.807) is 42.5 Å². The molecule has 1 aromatic heterocycles. The number of carbonyl (C=O) groups is 2. The quantitative estimate of drug-likeness (QED) is 0.746. The zero-order chi connectivity index (χ0) is 18.0. The summed E-state index contributed by atoms with van der Waals surface area (Å²) < 4.78 is 6.30. The Bertz CT molecular complexity index is 940. The van der Waals surface area contributed by atoms with Crippen molar-refractivity contribution >= 4 is 22.8 Å². The number of nitrogens with zero attached hydrogens (tertiary/aromatic N) is 1. The predicted molar refractivity (Wildman–Crippen MR) is 92.3 cm³/mol. The third kappa shape index (κ3) is 3.19. The van der Waals surface area contributed by atoms with E-state index < -0.39 is 11.9 Å². The highest BCUT2D eigenvalue weighted by Crippen LogP contribution is 2.29. The summed E-state index contributed by atoms with van der Waals surface area (Å²) in [6.07, 6.45) is 0.216. The number of aryl methyl sites for hydroxylation is 1. The molecule has 0 amide bonds. The second-order valence-corrected chi connectivity index (χ2v) is 5.62. The minimum absolute atomic E-state index is 0.0538. The van der Waals surface area contributed by atoms with Crippen molar-refractivity contribution in [3.63, 3.8) is 0 Å². The summed E-state index contributed by atoms with van der Waals surface area (Å²) in [5.74, 6) is -0.863. The first-order chi connectivity index (χ1) is 12.0. The zero-order valence-corrected chi connectivity index (χ0v) is 13.6. The fourth-order valence-corrected chi connectivity index (χ4v) is 2.83. The number of hydrogen-bond donors (Lipinski definition) is 2. The van der Waals surface area contributed by atoms with Crippen LogP contribution in [0.4, 0.5) is 0 Å². The number of hydrogen-bond acceptors (Lipinski definition) is 4. The second kappa shape index (κ2) is 6.68. The molecule has 2 aromatic carbocycles. The lowest BCUT2D eigenvalue weighted by molar-refractivity contribution is -0.136. The van der Waals surface area contributed by atoms with E-state index in [1.165, 1.54) is 17.7 Å². The molecule has 2 N–H and O–H groups in total. The highest BCUT2D eigenvalue weighted by Gasteiger charge is 2.19. The molecule has 0 aliphatic carbocycles. The SMILES string of the molecule is COc1ccc(C(=O)n2c(O)cc3cccc(CCC(=O)O)c32)cc1. The van der Waals surface area contributed by atoms with Crippen LogP contribution in [0.3, 0.4) is 0 Å². The molecule has 128 valence electrons. The van der Waals surface area contributed by atoms with Gasteiger partial charge in [-0.25, -0.2) is 4.57 Å². The Kier molecular flexibility index (Phi) is 4.43. The van der Waals surface area contributed by atoms with Gasteiger partial charge in [-0.2, -0.15) is 0 Å². The zero-order valence-electron chi connectivity index (χ0n) is 13.6. The van der Waals surface area contributed by atoms with Crippen molar-refractivity contribution in [3.05, 3.63) is 59.7 Å². The maximum Gasteiger partial charge on any atom is 0.303 e. The highest BCUT2D eigenvalue weighted by atomic mass is 16.5. The standard InChI is InChI=1S/C19H17NO5/c1-25-15-8-5-13(6-9-15)19(24)20-16(21)11-14-4-2-3-12(18(14)20)7-10-17(22)23/h2-6,8-9,11,21H,7,10H2,1H3,(H,22,23). The van der Waals surface area contributed by atoms with Crippen LogP contribution in [-0.4, -0.2) is 33.8 Å². The molecule has 6 heteroatoms. The molecule has 0 saturated carbocycles. The molecule has 0 radical (unpaired) electrons. The van der Waals surface area contributed by atoms with E-state index in [-0.39, 0.29) is 18.7 Å². The van der Waals surface area contributed by atoms with Gasteiger partial charge in [0.1, 0.15) is 5.75 Å². The van der Waals surface area contributed by atoms with Gasteiger partial charge in [-0.05, 0) is 36.2 Å². The minimum Gasteiger partial charge on any atom is -0.497 e. The largest absolute Gasteiger partial charge is 0.497 e. The van der Waals surface area contributed by atoms with Gasteiger partial charge in [0.05, 0.1) is 12.6 Å². The number of para-hydroxylation sites is 1. The summed E-state index contributed by atoms with van der Waals surface area (Å²) in [6, 6.07) is 13.4. The van der Waals surface area contributed by atoms with Gasteiger partial charge in [0, 0.05) is 23.4 Å². The third-order valence-electron chi connectivity index (χ3n) is 4.04. The second-order valence-electron chi connectivity index (χ2n) is 5.62. The summed E-state index contributed by atoms with van der Waals surface area (Å²) >= 11 is 0. The molecule has 0 aliphatic heterocycles. The van der Waals surface area contributed by atoms with Crippen molar-refractivity contribution in [1.29, 1.82) is 0 Å². The average Bonchev–Trinajstić information content (AvgIpc) is 2.95. The molecular weight excluding hydrogens is 322 g/mol. The molecule has 1 heterocycles. The topological polar surface area (TPSA) is 88.8 Å². The van der Waals surface area contributed by atoms with Crippen molar-refractivity contribution in [2.24, 2.45) is 0 Å². The predicted octanol–water partition coefficient (Wildman–Crippen LogP) is 3.06. The Labute approximate surface area is 143 Å². The van der Waals surface area contributed by atoms with Crippen LogP contribution in [0, 0.1) is 0 Å². The number of ether oxygens (including phenoxy) is 1. The average molecular weight is 339 g/mol. The maximum absolute atomic E-state index is 12.9. The van der Waals surface area contributed by atoms with Crippen LogP contribution in [0.25, 0.3) is 10.9 Å². The lowest BCUT2D eigenvalue weighted by atomic mass is 10.1. The van der Waals surface area contributed by atoms with Crippen molar-refractivity contribution < 1.29 is 24.5 Å². The molecular formula is C19H17NO5. The van der Waals surface area contributed by atoms with E-state index in [2.05, 4.69) is 0 Å². The van der Waals surface area contributed by atoms with Gasteiger partial charge in [-0.1, -0.05) is 18.2 Å². The van der Waals surface area contributed by atoms with Crippen molar-refractivity contribution in [3.8, 4) is 11.6 Å². The number of methoxy groups -OCH3 is 1. The number of benzene rings is 2. The van der Waals surface area contributed by atoms with E-state index in [9.17, 15) is 14.7 Å². The molecule has 25 heavy (non-hydrogen) atoms. The van der Waals surface area contributed by atoms with Crippen molar-refractivity contribution in [2.75, 3.05) is 7.11 Å². The molecule has 0 unspecified atom stereocenters. The van der Waals surface area contributed by atoms with Crippen LogP contribution in [0.2, 0.25) is 0 Å². The molecule has 0 spiro atoms. The number of carboxylic acids is 1. The molecule has 3 rings (SSSR count). The Morgan fingerprint density at radius 3 is 2.48 bits per heavy atom. The smallest absolute Gasteiger partial charge is 0.303 e. The maximum atomic E-state index is 12.9. The number of aliphatic carboxylic acids is 1. The van der Waals surface area contributed by atoms with Crippen molar-refractivity contribution in [1.82, 2.24) is 4.57 Å². The van der Waals surface area contributed by atoms with Gasteiger partial charge in [0.25, 0.3) is 5.91 Å². The van der Waals surface area contributed by atoms with E-state index in [0.29, 0.717) is 27.8 Å². The first-order valence-electron chi connectivity index (χ1n) is 7.74. The number of fused-ring (bicyclic) bond motifs is 1. The number of aromatic nitrogens is 1. The van der Waals surface area contributed by atoms with Crippen LogP contribution >= 0.6 is 0 Å². The van der Waals surface area contributed by atoms with Crippen LogP contribution in [0.1, 0.15) is 22.3 Å². The van der Waals surface area contributed by atoms with Gasteiger partial charge < -0.3 is 14.9 Å². The molecule has 0 saturated heterocycles. The lowest BCUT2D eigenvalue weighted by Gasteiger charge is -2.10. The van der Waals surface area contributed by atoms with Crippen LogP contribution in [0.15, 0.2) is 48.5 Å². The molecule has 0 bridgehead atoms. The number of rotatable bonds is 5. The molecule has 0 fully saturated rings.